The van der Waals surface area contributed by atoms with Crippen LogP contribution >= 0.6 is 22.9 Å². The van der Waals surface area contributed by atoms with E-state index >= 15 is 0 Å². The van der Waals surface area contributed by atoms with Gasteiger partial charge in [0, 0.05) is 25.2 Å². The molecule has 0 nitrogen and oxygen atoms in total. The van der Waals surface area contributed by atoms with Crippen molar-refractivity contribution in [1.29, 1.82) is 0 Å². The molecule has 2 heteroatoms. The summed E-state index contributed by atoms with van der Waals surface area (Å²) in [6, 6.07) is 56.8. The van der Waals surface area contributed by atoms with E-state index in [1.165, 1.54) is 86.9 Å². The second-order valence-electron chi connectivity index (χ2n) is 12.8. The first-order chi connectivity index (χ1) is 22.7. The third kappa shape index (κ3) is 2.72. The van der Waals surface area contributed by atoms with Crippen LogP contribution in [0.1, 0.15) is 44.5 Å². The highest BCUT2D eigenvalue weighted by molar-refractivity contribution is 7.26. The molecule has 3 aliphatic carbocycles. The third-order valence-corrected chi connectivity index (χ3v) is 12.5. The van der Waals surface area contributed by atoms with E-state index in [1.807, 2.05) is 11.3 Å². The first-order valence-corrected chi connectivity index (χ1v) is 17.1. The Hall–Kier alpha value is -4.95. The van der Waals surface area contributed by atoms with Gasteiger partial charge in [-0.2, -0.15) is 0 Å². The van der Waals surface area contributed by atoms with Gasteiger partial charge in [-0.15, -0.1) is 11.3 Å². The lowest BCUT2D eigenvalue weighted by Crippen LogP contribution is -2.43. The molecule has 214 valence electrons. The van der Waals surface area contributed by atoms with Gasteiger partial charge >= 0.3 is 0 Å². The molecule has 0 radical (unpaired) electrons. The highest BCUT2D eigenvalue weighted by atomic mass is 35.5. The highest BCUT2D eigenvalue weighted by Gasteiger charge is 2.59. The third-order valence-electron chi connectivity index (χ3n) is 11.0. The Kier molecular flexibility index (Phi) is 4.75. The zero-order valence-electron chi connectivity index (χ0n) is 24.7. The van der Waals surface area contributed by atoms with Crippen molar-refractivity contribution in [2.75, 3.05) is 0 Å². The highest BCUT2D eigenvalue weighted by Crippen LogP contribution is 2.68. The molecular weight excluding hydrogens is 596 g/mol. The molecule has 0 saturated carbocycles. The van der Waals surface area contributed by atoms with Gasteiger partial charge in [0.25, 0.3) is 0 Å². The van der Waals surface area contributed by atoms with Crippen LogP contribution in [0.25, 0.3) is 42.4 Å². The minimum Gasteiger partial charge on any atom is -0.135 e. The van der Waals surface area contributed by atoms with E-state index in [0.717, 1.165) is 5.02 Å². The van der Waals surface area contributed by atoms with Crippen molar-refractivity contribution in [1.82, 2.24) is 0 Å². The number of thiophene rings is 1. The van der Waals surface area contributed by atoms with Crippen molar-refractivity contribution in [2.45, 2.75) is 10.8 Å². The smallest absolute Gasteiger partial charge is 0.0734 e. The molecule has 0 saturated heterocycles. The lowest BCUT2D eigenvalue weighted by atomic mass is 9.52. The van der Waals surface area contributed by atoms with Gasteiger partial charge in [0.2, 0.25) is 0 Å². The second kappa shape index (κ2) is 8.65. The lowest BCUT2D eigenvalue weighted by molar-refractivity contribution is 0.636. The van der Waals surface area contributed by atoms with Crippen molar-refractivity contribution in [2.24, 2.45) is 0 Å². The fourth-order valence-electron chi connectivity index (χ4n) is 9.52. The minimum absolute atomic E-state index is 0.443. The van der Waals surface area contributed by atoms with Crippen molar-refractivity contribution < 1.29 is 0 Å². The average Bonchev–Trinajstić information content (AvgIpc) is 3.73. The van der Waals surface area contributed by atoms with E-state index in [4.69, 9.17) is 11.6 Å². The summed E-state index contributed by atoms with van der Waals surface area (Å²) in [6.45, 7) is 0. The van der Waals surface area contributed by atoms with Crippen LogP contribution in [0.5, 0.6) is 0 Å². The summed E-state index contributed by atoms with van der Waals surface area (Å²) in [5.41, 5.74) is 15.0. The van der Waals surface area contributed by atoms with Crippen molar-refractivity contribution in [3.8, 4) is 22.3 Å². The SMILES string of the molecule is Clc1ccc2c(c1)C1(c3ccccc3C3(c4ccccc4-c4ccccc43)c3ccccc31)c1c-2ccc2c1sc1ccccc12. The Balaban J connectivity index is 1.39. The van der Waals surface area contributed by atoms with Gasteiger partial charge in [0.05, 0.1) is 10.8 Å². The monoisotopic (exact) mass is 620 g/mol. The Morgan fingerprint density at radius 3 is 1.54 bits per heavy atom. The van der Waals surface area contributed by atoms with Crippen LogP contribution in [0.3, 0.4) is 0 Å². The van der Waals surface area contributed by atoms with Gasteiger partial charge in [-0.05, 0) is 85.0 Å². The summed E-state index contributed by atoms with van der Waals surface area (Å²) in [7, 11) is 0. The molecule has 0 bridgehead atoms. The van der Waals surface area contributed by atoms with Gasteiger partial charge in [0.1, 0.15) is 0 Å². The van der Waals surface area contributed by atoms with Crippen molar-refractivity contribution >= 4 is 43.1 Å². The zero-order valence-corrected chi connectivity index (χ0v) is 26.3. The van der Waals surface area contributed by atoms with Crippen LogP contribution in [0.2, 0.25) is 5.02 Å². The molecule has 3 aliphatic rings. The van der Waals surface area contributed by atoms with Gasteiger partial charge in [0.15, 0.2) is 0 Å². The number of benzene rings is 7. The van der Waals surface area contributed by atoms with E-state index in [2.05, 4.69) is 152 Å². The lowest BCUT2D eigenvalue weighted by Gasteiger charge is -2.49. The normalized spacial score (nSPS) is 15.4. The molecule has 0 amide bonds. The van der Waals surface area contributed by atoms with Gasteiger partial charge in [-0.3, -0.25) is 0 Å². The van der Waals surface area contributed by atoms with E-state index in [0.29, 0.717) is 0 Å². The summed E-state index contributed by atoms with van der Waals surface area (Å²) in [5, 5.41) is 3.41. The molecule has 1 heterocycles. The van der Waals surface area contributed by atoms with Crippen LogP contribution < -0.4 is 0 Å². The molecule has 8 aromatic rings. The molecule has 2 spiro atoms. The Labute approximate surface area is 276 Å². The van der Waals surface area contributed by atoms with Crippen LogP contribution in [0.4, 0.5) is 0 Å². The fourth-order valence-corrected chi connectivity index (χ4v) is 11.0. The topological polar surface area (TPSA) is 0 Å². The van der Waals surface area contributed by atoms with Crippen molar-refractivity contribution in [3.05, 3.63) is 201 Å². The van der Waals surface area contributed by atoms with Crippen LogP contribution in [-0.2, 0) is 10.8 Å². The van der Waals surface area contributed by atoms with Gasteiger partial charge < -0.3 is 0 Å². The molecule has 0 atom stereocenters. The maximum Gasteiger partial charge on any atom is 0.0734 e. The quantitative estimate of drug-likeness (QED) is 0.158. The van der Waals surface area contributed by atoms with Crippen LogP contribution in [0.15, 0.2) is 152 Å². The Morgan fingerprint density at radius 2 is 0.891 bits per heavy atom. The van der Waals surface area contributed by atoms with E-state index in [9.17, 15) is 0 Å². The van der Waals surface area contributed by atoms with Crippen molar-refractivity contribution in [3.63, 3.8) is 0 Å². The molecule has 0 aliphatic heterocycles. The Morgan fingerprint density at radius 1 is 0.391 bits per heavy atom. The zero-order chi connectivity index (χ0) is 30.2. The predicted octanol–water partition coefficient (Wildman–Crippen LogP) is 11.7. The molecule has 11 rings (SSSR count). The number of hydrogen-bond acceptors (Lipinski definition) is 1. The number of halogens is 1. The summed E-state index contributed by atoms with van der Waals surface area (Å²) < 4.78 is 2.68. The first kappa shape index (κ1) is 25.3. The van der Waals surface area contributed by atoms with E-state index < -0.39 is 10.8 Å². The summed E-state index contributed by atoms with van der Waals surface area (Å²) in [6.07, 6.45) is 0. The number of rotatable bonds is 0. The molecule has 0 fully saturated rings. The minimum atomic E-state index is -0.541. The van der Waals surface area contributed by atoms with E-state index in [1.54, 1.807) is 0 Å². The summed E-state index contributed by atoms with van der Waals surface area (Å²) >= 11 is 8.89. The molecule has 0 N–H and O–H groups in total. The molecule has 46 heavy (non-hydrogen) atoms. The average molecular weight is 621 g/mol. The maximum absolute atomic E-state index is 6.96. The Bertz CT molecular complexity index is 2530. The molecule has 1 aromatic heterocycles. The molecular formula is C44H25ClS. The summed E-state index contributed by atoms with van der Waals surface area (Å²) in [4.78, 5) is 0. The van der Waals surface area contributed by atoms with Crippen LogP contribution in [0, 0.1) is 0 Å². The van der Waals surface area contributed by atoms with E-state index in [-0.39, 0.29) is 0 Å². The summed E-state index contributed by atoms with van der Waals surface area (Å²) in [5.74, 6) is 0. The second-order valence-corrected chi connectivity index (χ2v) is 14.3. The number of fused-ring (bicyclic) bond motifs is 20. The van der Waals surface area contributed by atoms with Crippen LogP contribution in [-0.4, -0.2) is 0 Å². The largest absolute Gasteiger partial charge is 0.135 e. The predicted molar refractivity (Wildman–Crippen MR) is 193 cm³/mol. The van der Waals surface area contributed by atoms with Gasteiger partial charge in [-0.1, -0.05) is 145 Å². The standard InChI is InChI=1S/C44H25ClS/c45-26-21-22-29-31-23-24-32-30-13-3-10-20-40(30)46-42(32)41(31)44(39(29)25-26)37-18-8-6-16-35(37)43(36-17-7-9-19-38(36)44)33-14-4-1-11-27(33)28-12-2-5-15-34(28)43/h1-25H. The molecule has 7 aromatic carbocycles. The maximum atomic E-state index is 6.96. The first-order valence-electron chi connectivity index (χ1n) is 15.9. The molecule has 0 unspecified atom stereocenters. The number of hydrogen-bond donors (Lipinski definition) is 0. The fraction of sp³-hybridized carbons (Fsp3) is 0.0455. The van der Waals surface area contributed by atoms with Gasteiger partial charge in [-0.25, -0.2) is 0 Å².